The van der Waals surface area contributed by atoms with Gasteiger partial charge in [0.15, 0.2) is 0 Å². The Labute approximate surface area is 180 Å². The minimum absolute atomic E-state index is 0.157. The minimum Gasteiger partial charge on any atom is -0.396 e. The number of nitrogens with one attached hydrogen (secondary N) is 1. The van der Waals surface area contributed by atoms with Gasteiger partial charge < -0.3 is 16.1 Å². The van der Waals surface area contributed by atoms with Crippen LogP contribution in [-0.2, 0) is 0 Å². The highest BCUT2D eigenvalue weighted by molar-refractivity contribution is 9.10. The molecule has 3 aromatic rings. The van der Waals surface area contributed by atoms with Crippen molar-refractivity contribution in [2.24, 2.45) is 5.84 Å². The van der Waals surface area contributed by atoms with Gasteiger partial charge in [-0.3, -0.25) is 9.78 Å². The van der Waals surface area contributed by atoms with Gasteiger partial charge >= 0.3 is 0 Å². The number of halogens is 3. The summed E-state index contributed by atoms with van der Waals surface area (Å²) in [6.07, 6.45) is 1.33. The maximum atomic E-state index is 13.0. The summed E-state index contributed by atoms with van der Waals surface area (Å²) in [5.41, 5.74) is 8.75. The highest BCUT2D eigenvalue weighted by Crippen LogP contribution is 2.36. The van der Waals surface area contributed by atoms with E-state index in [2.05, 4.69) is 31.2 Å². The number of carbonyl (C=O) groups excluding carboxylic acids is 1. The summed E-state index contributed by atoms with van der Waals surface area (Å²) in [6.45, 7) is 1.08. The Kier molecular flexibility index (Phi) is 6.47. The van der Waals surface area contributed by atoms with Gasteiger partial charge in [0.05, 0.1) is 38.8 Å². The molecule has 5 N–H and O–H groups in total. The molecule has 0 fully saturated rings. The third kappa shape index (κ3) is 5.19. The molecule has 0 saturated carbocycles. The van der Waals surface area contributed by atoms with Crippen LogP contribution in [0.5, 0.6) is 0 Å². The predicted molar refractivity (Wildman–Crippen MR) is 117 cm³/mol. The molecule has 3 rings (SSSR count). The number of rotatable bonds is 7. The van der Waals surface area contributed by atoms with E-state index in [0.717, 1.165) is 6.92 Å². The first-order valence-corrected chi connectivity index (χ1v) is 9.96. The van der Waals surface area contributed by atoms with Crippen LogP contribution in [0.1, 0.15) is 30.3 Å². The van der Waals surface area contributed by atoms with Gasteiger partial charge in [-0.1, -0.05) is 12.1 Å². The first-order valence-electron chi connectivity index (χ1n) is 9.17. The number of hydrazine groups is 1. The van der Waals surface area contributed by atoms with Crippen LogP contribution in [0.4, 0.5) is 25.8 Å². The van der Waals surface area contributed by atoms with Crippen LogP contribution in [0.25, 0.3) is 11.0 Å². The predicted octanol–water partition coefficient (Wildman–Crippen LogP) is 4.34. The largest absolute Gasteiger partial charge is 0.396 e. The molecule has 158 valence electrons. The fourth-order valence-corrected chi connectivity index (χ4v) is 3.30. The summed E-state index contributed by atoms with van der Waals surface area (Å²) in [7, 11) is 0. The van der Waals surface area contributed by atoms with E-state index in [0.29, 0.717) is 26.9 Å². The van der Waals surface area contributed by atoms with Gasteiger partial charge in [0, 0.05) is 13.0 Å². The van der Waals surface area contributed by atoms with Gasteiger partial charge in [0.25, 0.3) is 5.91 Å². The Hall–Kier alpha value is -2.85. The summed E-state index contributed by atoms with van der Waals surface area (Å²) in [5.74, 6) is 2.78. The highest BCUT2D eigenvalue weighted by Gasteiger charge is 2.21. The molecule has 1 heterocycles. The van der Waals surface area contributed by atoms with Crippen LogP contribution >= 0.6 is 15.9 Å². The zero-order valence-electron chi connectivity index (χ0n) is 16.2. The van der Waals surface area contributed by atoms with Crippen LogP contribution in [0.15, 0.2) is 47.1 Å². The molecule has 10 heteroatoms. The molecule has 0 spiro atoms. The number of para-hydroxylation sites is 2. The lowest BCUT2D eigenvalue weighted by Gasteiger charge is -2.23. The van der Waals surface area contributed by atoms with E-state index >= 15 is 0 Å². The van der Waals surface area contributed by atoms with Crippen molar-refractivity contribution in [2.45, 2.75) is 25.7 Å². The summed E-state index contributed by atoms with van der Waals surface area (Å²) < 4.78 is 26.4. The fourth-order valence-electron chi connectivity index (χ4n) is 2.86. The van der Waals surface area contributed by atoms with Gasteiger partial charge in [-0.25, -0.2) is 19.6 Å². The second-order valence-corrected chi connectivity index (χ2v) is 7.72. The van der Waals surface area contributed by atoms with E-state index in [9.17, 15) is 13.6 Å². The molecule has 0 aliphatic heterocycles. The third-order valence-corrected chi connectivity index (χ3v) is 5.26. The topological polar surface area (TPSA) is 110 Å². The maximum absolute atomic E-state index is 13.0. The number of alkyl halides is 2. The number of amides is 1. The molecule has 0 saturated heterocycles. The number of hydrogen-bond acceptors (Lipinski definition) is 6. The molecule has 0 aliphatic carbocycles. The van der Waals surface area contributed by atoms with Crippen molar-refractivity contribution in [3.05, 3.63) is 52.8 Å². The lowest BCUT2D eigenvalue weighted by molar-refractivity contribution is 0.0115. The second-order valence-electron chi connectivity index (χ2n) is 6.93. The molecule has 1 amide bonds. The van der Waals surface area contributed by atoms with E-state index in [1.165, 1.54) is 11.2 Å². The number of nitrogen functional groups attached to an aromatic ring is 1. The molecule has 0 aliphatic rings. The molecular formula is C20H21BrF2N6O. The molecule has 1 aromatic heterocycles. The molecule has 0 bridgehead atoms. The van der Waals surface area contributed by atoms with Crippen LogP contribution in [0.3, 0.4) is 0 Å². The van der Waals surface area contributed by atoms with Crippen LogP contribution in [0, 0.1) is 0 Å². The molecule has 0 unspecified atom stereocenters. The monoisotopic (exact) mass is 478 g/mol. The van der Waals surface area contributed by atoms with Gasteiger partial charge in [-0.05, 0) is 53.5 Å². The molecular weight excluding hydrogens is 458 g/mol. The van der Waals surface area contributed by atoms with Crippen molar-refractivity contribution in [1.82, 2.24) is 9.97 Å². The zero-order valence-corrected chi connectivity index (χ0v) is 17.8. The average molecular weight is 479 g/mol. The number of fused-ring (bicyclic) bond motifs is 1. The second kappa shape index (κ2) is 8.88. The Morgan fingerprint density at radius 3 is 2.63 bits per heavy atom. The quantitative estimate of drug-likeness (QED) is 0.264. The standard InChI is InChI=1S/C20H21BrF2N6O/c1-20(22,23)9-4-10-29(25)16-8-7-14(17(21)18(16)24)28-19(30)15-11-26-12-5-2-3-6-13(12)27-15/h2-3,5-8,11H,4,9-10,24-25H2,1H3,(H,28,30). The number of hydrogen-bond donors (Lipinski definition) is 3. The first kappa shape index (κ1) is 21.8. The molecule has 7 nitrogen and oxygen atoms in total. The normalized spacial score (nSPS) is 11.5. The summed E-state index contributed by atoms with van der Waals surface area (Å²) in [6, 6.07) is 10.5. The van der Waals surface area contributed by atoms with Crippen molar-refractivity contribution >= 4 is 49.9 Å². The third-order valence-electron chi connectivity index (χ3n) is 4.41. The van der Waals surface area contributed by atoms with Crippen molar-refractivity contribution < 1.29 is 13.6 Å². The van der Waals surface area contributed by atoms with E-state index in [4.69, 9.17) is 11.6 Å². The minimum atomic E-state index is -2.74. The average Bonchev–Trinajstić information content (AvgIpc) is 2.70. The fraction of sp³-hybridized carbons (Fsp3) is 0.250. The van der Waals surface area contributed by atoms with Crippen molar-refractivity contribution in [2.75, 3.05) is 22.6 Å². The van der Waals surface area contributed by atoms with E-state index in [1.807, 2.05) is 12.1 Å². The highest BCUT2D eigenvalue weighted by atomic mass is 79.9. The maximum Gasteiger partial charge on any atom is 0.275 e. The van der Waals surface area contributed by atoms with Gasteiger partial charge in [-0.2, -0.15) is 0 Å². The molecule has 30 heavy (non-hydrogen) atoms. The van der Waals surface area contributed by atoms with E-state index in [1.54, 1.807) is 24.3 Å². The number of benzene rings is 2. The first-order chi connectivity index (χ1) is 14.2. The molecule has 0 radical (unpaired) electrons. The number of carbonyl (C=O) groups is 1. The molecule has 0 atom stereocenters. The summed E-state index contributed by atoms with van der Waals surface area (Å²) >= 11 is 3.36. The van der Waals surface area contributed by atoms with E-state index < -0.39 is 11.8 Å². The van der Waals surface area contributed by atoms with Crippen LogP contribution < -0.4 is 21.9 Å². The summed E-state index contributed by atoms with van der Waals surface area (Å²) in [4.78, 5) is 21.1. The van der Waals surface area contributed by atoms with Gasteiger partial charge in [-0.15, -0.1) is 0 Å². The van der Waals surface area contributed by atoms with Gasteiger partial charge in [0.2, 0.25) is 5.92 Å². The lowest BCUT2D eigenvalue weighted by Crippen LogP contribution is -2.33. The van der Waals surface area contributed by atoms with Crippen molar-refractivity contribution in [3.63, 3.8) is 0 Å². The smallest absolute Gasteiger partial charge is 0.275 e. The lowest BCUT2D eigenvalue weighted by atomic mass is 10.2. The van der Waals surface area contributed by atoms with Crippen LogP contribution in [0.2, 0.25) is 0 Å². The Morgan fingerprint density at radius 1 is 1.23 bits per heavy atom. The zero-order chi connectivity index (χ0) is 21.9. The molecule has 2 aromatic carbocycles. The Morgan fingerprint density at radius 2 is 1.93 bits per heavy atom. The number of aromatic nitrogens is 2. The number of anilines is 3. The Bertz CT molecular complexity index is 1070. The number of nitrogens with zero attached hydrogens (tertiary/aromatic N) is 3. The summed E-state index contributed by atoms with van der Waals surface area (Å²) in [5, 5.41) is 4.05. The number of nitrogens with two attached hydrogens (primary N) is 2. The van der Waals surface area contributed by atoms with Crippen molar-refractivity contribution in [1.29, 1.82) is 0 Å². The van der Waals surface area contributed by atoms with Crippen LogP contribution in [-0.4, -0.2) is 28.3 Å². The van der Waals surface area contributed by atoms with Gasteiger partial charge in [0.1, 0.15) is 5.69 Å². The van der Waals surface area contributed by atoms with E-state index in [-0.39, 0.29) is 30.8 Å². The van der Waals surface area contributed by atoms with Crippen molar-refractivity contribution in [3.8, 4) is 0 Å². The SMILES string of the molecule is CC(F)(F)CCCN(N)c1ccc(NC(=O)c2cnc3ccccc3n2)c(Br)c1N. The Balaban J connectivity index is 1.73.